The van der Waals surface area contributed by atoms with Crippen LogP contribution in [0.4, 0.5) is 11.6 Å². The van der Waals surface area contributed by atoms with Crippen LogP contribution in [-0.4, -0.2) is 40.6 Å². The van der Waals surface area contributed by atoms with E-state index in [1.165, 1.54) is 0 Å². The van der Waals surface area contributed by atoms with E-state index >= 15 is 0 Å². The Morgan fingerprint density at radius 3 is 2.90 bits per heavy atom. The van der Waals surface area contributed by atoms with Crippen LogP contribution < -0.4 is 10.2 Å². The number of nitrogens with zero attached hydrogens (tertiary/aromatic N) is 3. The van der Waals surface area contributed by atoms with Crippen LogP contribution >= 0.6 is 11.6 Å². The van der Waals surface area contributed by atoms with Gasteiger partial charge in [-0.15, -0.1) is 0 Å². The predicted molar refractivity (Wildman–Crippen MR) is 115 cm³/mol. The quantitative estimate of drug-likeness (QED) is 0.676. The van der Waals surface area contributed by atoms with Crippen LogP contribution in [-0.2, 0) is 14.3 Å². The predicted octanol–water partition coefficient (Wildman–Crippen LogP) is 3.79. The fraction of sp³-hybridized carbons (Fsp3) is 0.318. The number of benzene rings is 2. The van der Waals surface area contributed by atoms with Crippen LogP contribution in [0.5, 0.6) is 0 Å². The molecule has 3 heterocycles. The Balaban J connectivity index is 1.44. The summed E-state index contributed by atoms with van der Waals surface area (Å²) in [6.07, 6.45) is 1.93. The standard InChI is InChI=1S/C22H21ClN4O3/c23-14-5-3-6-15(11-14)24-20(28)12-19-21(29)26(13-16-7-4-10-30-16)22-25-17-8-1-2-9-18(17)27(19)22/h1-3,5-6,8-9,11,16,19H,4,7,10,12-13H2,(H,24,28)/t16-,19+/m1/s1. The van der Waals surface area contributed by atoms with Gasteiger partial charge in [0.2, 0.25) is 11.9 Å². The van der Waals surface area contributed by atoms with Gasteiger partial charge in [0.05, 0.1) is 30.1 Å². The number of rotatable bonds is 5. The van der Waals surface area contributed by atoms with E-state index in [-0.39, 0.29) is 24.3 Å². The van der Waals surface area contributed by atoms with Crippen molar-refractivity contribution in [3.8, 4) is 0 Å². The first-order valence-electron chi connectivity index (χ1n) is 10.1. The normalized spacial score (nSPS) is 20.7. The number of halogens is 1. The van der Waals surface area contributed by atoms with Crippen molar-refractivity contribution in [2.45, 2.75) is 31.4 Å². The third kappa shape index (κ3) is 3.44. The van der Waals surface area contributed by atoms with E-state index in [9.17, 15) is 9.59 Å². The van der Waals surface area contributed by atoms with Gasteiger partial charge in [-0.2, -0.15) is 0 Å². The van der Waals surface area contributed by atoms with Gasteiger partial charge in [-0.25, -0.2) is 4.98 Å². The smallest absolute Gasteiger partial charge is 0.253 e. The van der Waals surface area contributed by atoms with Crippen molar-refractivity contribution in [1.82, 2.24) is 9.55 Å². The lowest BCUT2D eigenvalue weighted by Crippen LogP contribution is -2.37. The first-order chi connectivity index (χ1) is 14.6. The first-order valence-corrected chi connectivity index (χ1v) is 10.4. The molecule has 8 heteroatoms. The first kappa shape index (κ1) is 19.1. The molecule has 2 amide bonds. The third-order valence-corrected chi connectivity index (χ3v) is 5.81. The van der Waals surface area contributed by atoms with E-state index in [0.717, 1.165) is 23.9 Å². The molecule has 30 heavy (non-hydrogen) atoms. The molecule has 0 spiro atoms. The summed E-state index contributed by atoms with van der Waals surface area (Å²) < 4.78 is 7.62. The molecule has 0 aliphatic carbocycles. The number of hydrogen-bond donors (Lipinski definition) is 1. The van der Waals surface area contributed by atoms with Gasteiger partial charge in [-0.1, -0.05) is 29.8 Å². The minimum atomic E-state index is -0.645. The number of aromatic nitrogens is 2. The summed E-state index contributed by atoms with van der Waals surface area (Å²) >= 11 is 6.00. The van der Waals surface area contributed by atoms with Crippen LogP contribution in [0.15, 0.2) is 48.5 Å². The molecule has 0 unspecified atom stereocenters. The maximum atomic E-state index is 13.3. The van der Waals surface area contributed by atoms with Crippen LogP contribution in [0.3, 0.4) is 0 Å². The fourth-order valence-electron chi connectivity index (χ4n) is 4.21. The molecule has 2 aromatic carbocycles. The molecule has 1 N–H and O–H groups in total. The number of amides is 2. The molecule has 5 rings (SSSR count). The zero-order chi connectivity index (χ0) is 20.7. The minimum absolute atomic E-state index is 0.00116. The van der Waals surface area contributed by atoms with Gasteiger partial charge in [0, 0.05) is 17.3 Å². The SMILES string of the molecule is O=C(C[C@H]1C(=O)N(C[C@H]2CCCO2)c2nc3ccccc3n21)Nc1cccc(Cl)c1. The van der Waals surface area contributed by atoms with Gasteiger partial charge in [0.25, 0.3) is 5.91 Å². The number of carbonyl (C=O) groups is 2. The van der Waals surface area contributed by atoms with Gasteiger partial charge in [-0.3, -0.25) is 19.1 Å². The molecule has 2 atom stereocenters. The topological polar surface area (TPSA) is 76.5 Å². The summed E-state index contributed by atoms with van der Waals surface area (Å²) in [5, 5.41) is 3.37. The Labute approximate surface area is 178 Å². The number of carbonyl (C=O) groups excluding carboxylic acids is 2. The summed E-state index contributed by atoms with van der Waals surface area (Å²) in [6.45, 7) is 1.17. The molecule has 0 saturated carbocycles. The average molecular weight is 425 g/mol. The summed E-state index contributed by atoms with van der Waals surface area (Å²) in [5.41, 5.74) is 2.25. The molecular weight excluding hydrogens is 404 g/mol. The lowest BCUT2D eigenvalue weighted by atomic mass is 10.1. The van der Waals surface area contributed by atoms with E-state index in [0.29, 0.717) is 29.8 Å². The maximum absolute atomic E-state index is 13.3. The van der Waals surface area contributed by atoms with Crippen molar-refractivity contribution in [3.63, 3.8) is 0 Å². The van der Waals surface area contributed by atoms with Crippen LogP contribution in [0.25, 0.3) is 11.0 Å². The van der Waals surface area contributed by atoms with Crippen LogP contribution in [0, 0.1) is 0 Å². The largest absolute Gasteiger partial charge is 0.376 e. The van der Waals surface area contributed by atoms with Gasteiger partial charge >= 0.3 is 0 Å². The number of para-hydroxylation sites is 2. The Morgan fingerprint density at radius 2 is 2.10 bits per heavy atom. The molecule has 2 aliphatic rings. The van der Waals surface area contributed by atoms with Gasteiger partial charge < -0.3 is 10.1 Å². The Morgan fingerprint density at radius 1 is 1.23 bits per heavy atom. The summed E-state index contributed by atoms with van der Waals surface area (Å²) in [6, 6.07) is 14.0. The zero-order valence-corrected chi connectivity index (χ0v) is 17.0. The second-order valence-corrected chi connectivity index (χ2v) is 8.07. The Bertz CT molecular complexity index is 1120. The molecule has 1 aromatic heterocycles. The zero-order valence-electron chi connectivity index (χ0n) is 16.3. The monoisotopic (exact) mass is 424 g/mol. The second kappa shape index (κ2) is 7.74. The molecular formula is C22H21ClN4O3. The summed E-state index contributed by atoms with van der Waals surface area (Å²) in [7, 11) is 0. The molecule has 7 nitrogen and oxygen atoms in total. The molecule has 154 valence electrons. The lowest BCUT2D eigenvalue weighted by molar-refractivity contribution is -0.124. The maximum Gasteiger partial charge on any atom is 0.253 e. The molecule has 0 radical (unpaired) electrons. The van der Waals surface area contributed by atoms with Crippen molar-refractivity contribution in [1.29, 1.82) is 0 Å². The van der Waals surface area contributed by atoms with Crippen molar-refractivity contribution in [3.05, 3.63) is 53.6 Å². The summed E-state index contributed by atoms with van der Waals surface area (Å²) in [4.78, 5) is 32.4. The van der Waals surface area contributed by atoms with E-state index in [1.807, 2.05) is 28.8 Å². The van der Waals surface area contributed by atoms with E-state index in [1.54, 1.807) is 29.2 Å². The van der Waals surface area contributed by atoms with Crippen molar-refractivity contribution in [2.24, 2.45) is 0 Å². The van der Waals surface area contributed by atoms with Crippen molar-refractivity contribution >= 4 is 46.1 Å². The van der Waals surface area contributed by atoms with E-state index in [4.69, 9.17) is 16.3 Å². The number of hydrogen-bond acceptors (Lipinski definition) is 4. The summed E-state index contributed by atoms with van der Waals surface area (Å²) in [5.74, 6) is 0.204. The Kier molecular flexibility index (Phi) is 4.92. The number of imidazole rings is 1. The molecule has 1 fully saturated rings. The van der Waals surface area contributed by atoms with E-state index in [2.05, 4.69) is 10.3 Å². The minimum Gasteiger partial charge on any atom is -0.376 e. The van der Waals surface area contributed by atoms with Crippen LogP contribution in [0.2, 0.25) is 5.02 Å². The molecule has 1 saturated heterocycles. The molecule has 2 aliphatic heterocycles. The number of anilines is 2. The van der Waals surface area contributed by atoms with Gasteiger partial charge in [0.15, 0.2) is 0 Å². The fourth-order valence-corrected chi connectivity index (χ4v) is 4.40. The lowest BCUT2D eigenvalue weighted by Gasteiger charge is -2.19. The highest BCUT2D eigenvalue weighted by Gasteiger charge is 2.42. The third-order valence-electron chi connectivity index (χ3n) is 5.58. The van der Waals surface area contributed by atoms with Crippen LogP contribution in [0.1, 0.15) is 25.3 Å². The van der Waals surface area contributed by atoms with Gasteiger partial charge in [-0.05, 0) is 43.2 Å². The molecule has 3 aromatic rings. The number of fused-ring (bicyclic) bond motifs is 3. The van der Waals surface area contributed by atoms with Crippen molar-refractivity contribution < 1.29 is 14.3 Å². The Hall–Kier alpha value is -2.90. The van der Waals surface area contributed by atoms with Crippen molar-refractivity contribution in [2.75, 3.05) is 23.4 Å². The second-order valence-electron chi connectivity index (χ2n) is 7.63. The highest BCUT2D eigenvalue weighted by Crippen LogP contribution is 2.37. The number of ether oxygens (including phenoxy) is 1. The highest BCUT2D eigenvalue weighted by molar-refractivity contribution is 6.30. The average Bonchev–Trinajstić information content (AvgIpc) is 3.42. The number of nitrogens with one attached hydrogen (secondary N) is 1. The highest BCUT2D eigenvalue weighted by atomic mass is 35.5. The molecule has 0 bridgehead atoms. The van der Waals surface area contributed by atoms with E-state index < -0.39 is 6.04 Å². The van der Waals surface area contributed by atoms with Gasteiger partial charge in [0.1, 0.15) is 6.04 Å².